The van der Waals surface area contributed by atoms with Crippen molar-refractivity contribution in [1.82, 2.24) is 4.90 Å². The van der Waals surface area contributed by atoms with Gasteiger partial charge in [0.1, 0.15) is 0 Å². The van der Waals surface area contributed by atoms with Crippen LogP contribution in [0, 0.1) is 0 Å². The third-order valence-electron chi connectivity index (χ3n) is 3.20. The van der Waals surface area contributed by atoms with Gasteiger partial charge in [0.05, 0.1) is 6.61 Å². The zero-order valence-electron chi connectivity index (χ0n) is 10.7. The standard InChI is InChI=1S/C12H26N2OS/c1-15-8-7-14(11-5-6-11)12(10-13)4-3-9-16-2/h11-12H,3-10,13H2,1-2H3. The van der Waals surface area contributed by atoms with Crippen molar-refractivity contribution in [3.8, 4) is 0 Å². The Morgan fingerprint density at radius 2 is 2.25 bits per heavy atom. The summed E-state index contributed by atoms with van der Waals surface area (Å²) >= 11 is 1.92. The van der Waals surface area contributed by atoms with Crippen LogP contribution in [-0.2, 0) is 4.74 Å². The second kappa shape index (κ2) is 8.34. The topological polar surface area (TPSA) is 38.5 Å². The van der Waals surface area contributed by atoms with E-state index in [0.29, 0.717) is 6.04 Å². The quantitative estimate of drug-likeness (QED) is 0.594. The van der Waals surface area contributed by atoms with E-state index in [1.165, 1.54) is 31.4 Å². The number of nitrogens with two attached hydrogens (primary N) is 1. The Balaban J connectivity index is 2.32. The molecule has 0 amide bonds. The van der Waals surface area contributed by atoms with Gasteiger partial charge in [0.15, 0.2) is 0 Å². The fourth-order valence-electron chi connectivity index (χ4n) is 2.15. The second-order valence-corrected chi connectivity index (χ2v) is 5.47. The fourth-order valence-corrected chi connectivity index (χ4v) is 2.60. The number of methoxy groups -OCH3 is 1. The van der Waals surface area contributed by atoms with Gasteiger partial charge in [-0.25, -0.2) is 0 Å². The summed E-state index contributed by atoms with van der Waals surface area (Å²) in [5.74, 6) is 1.25. The lowest BCUT2D eigenvalue weighted by Crippen LogP contribution is -2.43. The Morgan fingerprint density at radius 1 is 1.50 bits per heavy atom. The zero-order chi connectivity index (χ0) is 11.8. The van der Waals surface area contributed by atoms with Gasteiger partial charge < -0.3 is 10.5 Å². The predicted molar refractivity (Wildman–Crippen MR) is 72.1 cm³/mol. The van der Waals surface area contributed by atoms with Crippen LogP contribution >= 0.6 is 11.8 Å². The zero-order valence-corrected chi connectivity index (χ0v) is 11.5. The first-order chi connectivity index (χ1) is 7.83. The van der Waals surface area contributed by atoms with Gasteiger partial charge >= 0.3 is 0 Å². The first-order valence-corrected chi connectivity index (χ1v) is 7.66. The van der Waals surface area contributed by atoms with Gasteiger partial charge in [-0.2, -0.15) is 11.8 Å². The summed E-state index contributed by atoms with van der Waals surface area (Å²) < 4.78 is 5.18. The molecule has 3 nitrogen and oxygen atoms in total. The van der Waals surface area contributed by atoms with E-state index in [4.69, 9.17) is 10.5 Å². The van der Waals surface area contributed by atoms with E-state index in [-0.39, 0.29) is 0 Å². The molecular weight excluding hydrogens is 220 g/mol. The Kier molecular flexibility index (Phi) is 7.45. The Hall–Kier alpha value is 0.230. The average Bonchev–Trinajstić information content (AvgIpc) is 3.11. The Morgan fingerprint density at radius 3 is 2.75 bits per heavy atom. The summed E-state index contributed by atoms with van der Waals surface area (Å²) in [6.07, 6.45) is 7.38. The number of thioether (sulfide) groups is 1. The molecule has 0 bridgehead atoms. The molecule has 1 rings (SSSR count). The van der Waals surface area contributed by atoms with E-state index >= 15 is 0 Å². The van der Waals surface area contributed by atoms with E-state index in [0.717, 1.165) is 25.7 Å². The van der Waals surface area contributed by atoms with Crippen LogP contribution in [-0.4, -0.2) is 55.8 Å². The lowest BCUT2D eigenvalue weighted by atomic mass is 10.1. The summed E-state index contributed by atoms with van der Waals surface area (Å²) in [5, 5.41) is 0. The third-order valence-corrected chi connectivity index (χ3v) is 3.89. The number of nitrogens with zero attached hydrogens (tertiary/aromatic N) is 1. The molecule has 16 heavy (non-hydrogen) atoms. The van der Waals surface area contributed by atoms with Crippen molar-refractivity contribution < 1.29 is 4.74 Å². The monoisotopic (exact) mass is 246 g/mol. The molecule has 1 aliphatic carbocycles. The molecule has 1 atom stereocenters. The highest BCUT2D eigenvalue weighted by Gasteiger charge is 2.32. The highest BCUT2D eigenvalue weighted by molar-refractivity contribution is 7.98. The van der Waals surface area contributed by atoms with Crippen molar-refractivity contribution in [3.63, 3.8) is 0 Å². The molecule has 2 N–H and O–H groups in total. The minimum absolute atomic E-state index is 0.565. The first kappa shape index (κ1) is 14.3. The van der Waals surface area contributed by atoms with Crippen LogP contribution in [0.25, 0.3) is 0 Å². The molecule has 0 heterocycles. The summed E-state index contributed by atoms with van der Waals surface area (Å²) in [6.45, 7) is 2.66. The smallest absolute Gasteiger partial charge is 0.0589 e. The fraction of sp³-hybridized carbons (Fsp3) is 1.00. The van der Waals surface area contributed by atoms with Gasteiger partial charge in [0.2, 0.25) is 0 Å². The minimum atomic E-state index is 0.565. The molecule has 1 unspecified atom stereocenters. The molecule has 0 saturated heterocycles. The van der Waals surface area contributed by atoms with Gasteiger partial charge in [-0.1, -0.05) is 0 Å². The highest BCUT2D eigenvalue weighted by atomic mass is 32.2. The van der Waals surface area contributed by atoms with E-state index in [2.05, 4.69) is 11.2 Å². The lowest BCUT2D eigenvalue weighted by Gasteiger charge is -2.30. The second-order valence-electron chi connectivity index (χ2n) is 4.49. The van der Waals surface area contributed by atoms with Crippen molar-refractivity contribution in [2.75, 3.05) is 38.8 Å². The summed E-state index contributed by atoms with van der Waals surface area (Å²) in [4.78, 5) is 2.57. The molecule has 1 saturated carbocycles. The molecule has 0 aromatic heterocycles. The van der Waals surface area contributed by atoms with Crippen LogP contribution in [0.3, 0.4) is 0 Å². The van der Waals surface area contributed by atoms with Crippen LogP contribution in [0.2, 0.25) is 0 Å². The van der Waals surface area contributed by atoms with E-state index in [9.17, 15) is 0 Å². The molecule has 0 spiro atoms. The molecular formula is C12H26N2OS. The Labute approximate surface area is 104 Å². The maximum atomic E-state index is 5.90. The Bertz CT molecular complexity index is 176. The predicted octanol–water partition coefficient (Wildman–Crippen LogP) is 1.57. The number of hydrogen-bond acceptors (Lipinski definition) is 4. The average molecular weight is 246 g/mol. The largest absolute Gasteiger partial charge is 0.383 e. The minimum Gasteiger partial charge on any atom is -0.383 e. The van der Waals surface area contributed by atoms with Crippen molar-refractivity contribution >= 4 is 11.8 Å². The van der Waals surface area contributed by atoms with E-state index in [1.54, 1.807) is 7.11 Å². The normalized spacial score (nSPS) is 18.0. The van der Waals surface area contributed by atoms with Gasteiger partial charge in [-0.3, -0.25) is 4.90 Å². The summed E-state index contributed by atoms with van der Waals surface area (Å²) in [6, 6.07) is 1.35. The molecule has 0 aliphatic heterocycles. The van der Waals surface area contributed by atoms with Crippen LogP contribution in [0.5, 0.6) is 0 Å². The highest BCUT2D eigenvalue weighted by Crippen LogP contribution is 2.29. The third kappa shape index (κ3) is 5.04. The van der Waals surface area contributed by atoms with Crippen LogP contribution in [0.15, 0.2) is 0 Å². The van der Waals surface area contributed by atoms with Gasteiger partial charge in [-0.15, -0.1) is 0 Å². The van der Waals surface area contributed by atoms with Crippen molar-refractivity contribution in [3.05, 3.63) is 0 Å². The van der Waals surface area contributed by atoms with Crippen molar-refractivity contribution in [2.24, 2.45) is 5.73 Å². The number of hydrogen-bond donors (Lipinski definition) is 1. The van der Waals surface area contributed by atoms with E-state index in [1.807, 2.05) is 11.8 Å². The van der Waals surface area contributed by atoms with Gasteiger partial charge in [0.25, 0.3) is 0 Å². The van der Waals surface area contributed by atoms with E-state index < -0.39 is 0 Å². The number of rotatable bonds is 10. The molecule has 96 valence electrons. The number of ether oxygens (including phenoxy) is 1. The summed E-state index contributed by atoms with van der Waals surface area (Å²) in [7, 11) is 1.77. The molecule has 1 fully saturated rings. The first-order valence-electron chi connectivity index (χ1n) is 6.27. The van der Waals surface area contributed by atoms with Crippen LogP contribution in [0.4, 0.5) is 0 Å². The molecule has 0 aromatic carbocycles. The van der Waals surface area contributed by atoms with Crippen molar-refractivity contribution in [2.45, 2.75) is 37.8 Å². The SMILES string of the molecule is COCCN(C(CN)CCCSC)C1CC1. The van der Waals surface area contributed by atoms with Crippen molar-refractivity contribution in [1.29, 1.82) is 0 Å². The maximum Gasteiger partial charge on any atom is 0.0589 e. The molecule has 0 radical (unpaired) electrons. The van der Waals surface area contributed by atoms with Crippen LogP contribution in [0.1, 0.15) is 25.7 Å². The van der Waals surface area contributed by atoms with Gasteiger partial charge in [-0.05, 0) is 37.7 Å². The van der Waals surface area contributed by atoms with Crippen LogP contribution < -0.4 is 5.73 Å². The molecule has 4 heteroatoms. The molecule has 0 aromatic rings. The lowest BCUT2D eigenvalue weighted by molar-refractivity contribution is 0.112. The van der Waals surface area contributed by atoms with Gasteiger partial charge in [0, 0.05) is 32.3 Å². The molecule has 1 aliphatic rings. The maximum absolute atomic E-state index is 5.90. The summed E-state index contributed by atoms with van der Waals surface area (Å²) in [5.41, 5.74) is 5.90.